The second-order valence-electron chi connectivity index (χ2n) is 9.49. The highest BCUT2D eigenvalue weighted by molar-refractivity contribution is 5.77. The molecule has 1 amide bonds. The second-order valence-corrected chi connectivity index (χ2v) is 9.49. The average molecular weight is 488 g/mol. The monoisotopic (exact) mass is 487 g/mol. The molecule has 0 rings (SSSR count). The van der Waals surface area contributed by atoms with E-state index in [1.165, 1.54) is 83.5 Å². The maximum absolute atomic E-state index is 11.4. The van der Waals surface area contributed by atoms with Gasteiger partial charge in [0.25, 0.3) is 0 Å². The van der Waals surface area contributed by atoms with Crippen LogP contribution >= 0.6 is 0 Å². The third kappa shape index (κ3) is 27.6. The van der Waals surface area contributed by atoms with Crippen molar-refractivity contribution in [1.29, 1.82) is 0 Å². The Bertz CT molecular complexity index is 406. The van der Waals surface area contributed by atoms with Gasteiger partial charge in [-0.15, -0.1) is 0 Å². The van der Waals surface area contributed by atoms with Crippen LogP contribution in [-0.4, -0.2) is 65.3 Å². The average Bonchev–Trinajstić information content (AvgIpc) is 2.83. The van der Waals surface area contributed by atoms with Gasteiger partial charge in [0.2, 0.25) is 5.91 Å². The Labute approximate surface area is 211 Å². The van der Waals surface area contributed by atoms with Crippen molar-refractivity contribution in [2.24, 2.45) is 5.92 Å². The van der Waals surface area contributed by atoms with E-state index in [0.717, 1.165) is 13.0 Å². The summed E-state index contributed by atoms with van der Waals surface area (Å²) in [4.78, 5) is 11.4. The van der Waals surface area contributed by atoms with Crippen molar-refractivity contribution in [3.8, 4) is 0 Å². The fraction of sp³-hybridized carbons (Fsp3) is 0.964. The first-order valence-corrected chi connectivity index (χ1v) is 14.3. The first-order chi connectivity index (χ1) is 16.7. The Morgan fingerprint density at radius 1 is 0.529 bits per heavy atom. The standard InChI is InChI=1S/C28H57NO5/c1-4-5-6-7-8-9-10-11-12-13-14-15-16-17-19-31-21-23-33-25-26-34-24-22-32-20-18-29-28(30)27(2)3/h27H,4-26H2,1-3H3,(H,29,30). The van der Waals surface area contributed by atoms with Crippen molar-refractivity contribution in [2.75, 3.05) is 59.4 Å². The number of rotatable bonds is 28. The summed E-state index contributed by atoms with van der Waals surface area (Å²) in [5, 5.41) is 2.81. The van der Waals surface area contributed by atoms with Gasteiger partial charge in [-0.2, -0.15) is 0 Å². The molecular weight excluding hydrogens is 430 g/mol. The summed E-state index contributed by atoms with van der Waals surface area (Å²) in [6.07, 6.45) is 19.3. The molecule has 0 fully saturated rings. The van der Waals surface area contributed by atoms with Crippen LogP contribution in [0.15, 0.2) is 0 Å². The van der Waals surface area contributed by atoms with Crippen LogP contribution in [0.5, 0.6) is 0 Å². The molecule has 6 heteroatoms. The molecule has 0 aliphatic heterocycles. The van der Waals surface area contributed by atoms with Gasteiger partial charge in [-0.3, -0.25) is 4.79 Å². The van der Waals surface area contributed by atoms with E-state index in [1.54, 1.807) is 0 Å². The smallest absolute Gasteiger partial charge is 0.222 e. The van der Waals surface area contributed by atoms with Crippen molar-refractivity contribution in [3.05, 3.63) is 0 Å². The van der Waals surface area contributed by atoms with E-state index in [-0.39, 0.29) is 11.8 Å². The largest absolute Gasteiger partial charge is 0.379 e. The number of hydrogen-bond donors (Lipinski definition) is 1. The van der Waals surface area contributed by atoms with Gasteiger partial charge in [0.05, 0.1) is 46.2 Å². The van der Waals surface area contributed by atoms with Gasteiger partial charge in [0, 0.05) is 19.1 Å². The number of nitrogens with one attached hydrogen (secondary N) is 1. The molecule has 0 saturated carbocycles. The molecule has 0 bridgehead atoms. The van der Waals surface area contributed by atoms with Crippen molar-refractivity contribution in [1.82, 2.24) is 5.32 Å². The molecule has 0 spiro atoms. The summed E-state index contributed by atoms with van der Waals surface area (Å²) in [5.74, 6) is 0.0679. The number of hydrogen-bond acceptors (Lipinski definition) is 5. The molecule has 1 N–H and O–H groups in total. The van der Waals surface area contributed by atoms with E-state index in [0.29, 0.717) is 52.8 Å². The van der Waals surface area contributed by atoms with Crippen LogP contribution in [0.3, 0.4) is 0 Å². The Balaban J connectivity index is 3.05. The van der Waals surface area contributed by atoms with Gasteiger partial charge >= 0.3 is 0 Å². The fourth-order valence-electron chi connectivity index (χ4n) is 3.61. The molecule has 34 heavy (non-hydrogen) atoms. The lowest BCUT2D eigenvalue weighted by Gasteiger charge is -2.09. The molecule has 0 aromatic rings. The maximum atomic E-state index is 11.4. The second kappa shape index (κ2) is 28.5. The highest BCUT2D eigenvalue weighted by atomic mass is 16.6. The molecule has 0 unspecified atom stereocenters. The lowest BCUT2D eigenvalue weighted by Crippen LogP contribution is -2.31. The minimum absolute atomic E-state index is 0.0118. The predicted octanol–water partition coefficient (Wildman–Crippen LogP) is 6.31. The van der Waals surface area contributed by atoms with Crippen molar-refractivity contribution in [3.63, 3.8) is 0 Å². The molecular formula is C28H57NO5. The molecule has 0 saturated heterocycles. The maximum Gasteiger partial charge on any atom is 0.222 e. The van der Waals surface area contributed by atoms with Gasteiger partial charge in [-0.1, -0.05) is 104 Å². The number of ether oxygens (including phenoxy) is 4. The molecule has 0 aliphatic carbocycles. The number of carbonyl (C=O) groups excluding carboxylic acids is 1. The Morgan fingerprint density at radius 3 is 1.29 bits per heavy atom. The van der Waals surface area contributed by atoms with Crippen LogP contribution < -0.4 is 5.32 Å². The van der Waals surface area contributed by atoms with Crippen LogP contribution in [-0.2, 0) is 23.7 Å². The van der Waals surface area contributed by atoms with Crippen LogP contribution in [0.4, 0.5) is 0 Å². The topological polar surface area (TPSA) is 66.0 Å². The van der Waals surface area contributed by atoms with Crippen LogP contribution in [0, 0.1) is 5.92 Å². The summed E-state index contributed by atoms with van der Waals surface area (Å²) in [7, 11) is 0. The van der Waals surface area contributed by atoms with Gasteiger partial charge in [-0.05, 0) is 6.42 Å². The van der Waals surface area contributed by atoms with Gasteiger partial charge < -0.3 is 24.3 Å². The van der Waals surface area contributed by atoms with Gasteiger partial charge in [0.15, 0.2) is 0 Å². The van der Waals surface area contributed by atoms with Crippen molar-refractivity contribution < 1.29 is 23.7 Å². The highest BCUT2D eigenvalue weighted by Crippen LogP contribution is 2.12. The molecule has 0 aromatic carbocycles. The summed E-state index contributed by atoms with van der Waals surface area (Å²) < 4.78 is 22.0. The first-order valence-electron chi connectivity index (χ1n) is 14.3. The first kappa shape index (κ1) is 33.3. The molecule has 0 heterocycles. The molecule has 0 aromatic heterocycles. The lowest BCUT2D eigenvalue weighted by atomic mass is 10.0. The highest BCUT2D eigenvalue weighted by Gasteiger charge is 2.04. The minimum Gasteiger partial charge on any atom is -0.379 e. The zero-order valence-electron chi connectivity index (χ0n) is 22.9. The molecule has 0 aliphatic rings. The van der Waals surface area contributed by atoms with E-state index in [4.69, 9.17) is 18.9 Å². The quantitative estimate of drug-likeness (QED) is 0.131. The van der Waals surface area contributed by atoms with E-state index in [9.17, 15) is 4.79 Å². The molecule has 6 nitrogen and oxygen atoms in total. The molecule has 0 radical (unpaired) electrons. The number of amides is 1. The predicted molar refractivity (Wildman–Crippen MR) is 141 cm³/mol. The molecule has 0 atom stereocenters. The minimum atomic E-state index is 0.0118. The van der Waals surface area contributed by atoms with Crippen molar-refractivity contribution in [2.45, 2.75) is 111 Å². The third-order valence-electron chi connectivity index (χ3n) is 5.83. The lowest BCUT2D eigenvalue weighted by molar-refractivity contribution is -0.124. The van der Waals surface area contributed by atoms with Crippen LogP contribution in [0.1, 0.15) is 111 Å². The van der Waals surface area contributed by atoms with Gasteiger partial charge in [0.1, 0.15) is 0 Å². The molecule has 204 valence electrons. The summed E-state index contributed by atoms with van der Waals surface area (Å²) in [5.41, 5.74) is 0. The van der Waals surface area contributed by atoms with E-state index in [2.05, 4.69) is 12.2 Å². The zero-order chi connectivity index (χ0) is 25.0. The van der Waals surface area contributed by atoms with E-state index < -0.39 is 0 Å². The van der Waals surface area contributed by atoms with Crippen LogP contribution in [0.2, 0.25) is 0 Å². The summed E-state index contributed by atoms with van der Waals surface area (Å²) in [6, 6.07) is 0. The van der Waals surface area contributed by atoms with Crippen molar-refractivity contribution >= 4 is 5.91 Å². The van der Waals surface area contributed by atoms with E-state index >= 15 is 0 Å². The summed E-state index contributed by atoms with van der Waals surface area (Å²) in [6.45, 7) is 11.4. The zero-order valence-corrected chi connectivity index (χ0v) is 22.9. The summed E-state index contributed by atoms with van der Waals surface area (Å²) >= 11 is 0. The number of carbonyl (C=O) groups is 1. The Morgan fingerprint density at radius 2 is 0.882 bits per heavy atom. The van der Waals surface area contributed by atoms with Gasteiger partial charge in [-0.25, -0.2) is 0 Å². The number of unbranched alkanes of at least 4 members (excludes halogenated alkanes) is 13. The Kier molecular flexibility index (Phi) is 28.0. The third-order valence-corrected chi connectivity index (χ3v) is 5.83. The fourth-order valence-corrected chi connectivity index (χ4v) is 3.61. The normalized spacial score (nSPS) is 11.4. The Hall–Kier alpha value is -0.690. The SMILES string of the molecule is CCCCCCCCCCCCCCCCOCCOCCOCCOCCNC(=O)C(C)C. The van der Waals surface area contributed by atoms with E-state index in [1.807, 2.05) is 13.8 Å². The van der Waals surface area contributed by atoms with Crippen LogP contribution in [0.25, 0.3) is 0 Å².